The molecule has 1 fully saturated rings. The first-order chi connectivity index (χ1) is 10.9. The Labute approximate surface area is 137 Å². The van der Waals surface area contributed by atoms with E-state index in [0.717, 1.165) is 18.9 Å². The molecule has 1 aromatic carbocycles. The van der Waals surface area contributed by atoms with E-state index in [1.165, 1.54) is 13.1 Å². The second-order valence-corrected chi connectivity index (χ2v) is 5.59. The number of carbonyl (C=O) groups excluding carboxylic acids is 2. The standard InChI is InChI=1S/C16H16ClF2NO3/c1-3-23-16(22)11(7-20-9-4-5-9)15(21)10-6-12(18)8(2)14(19)13(10)17/h6-7,9,20H,3-5H2,1-2H3/b11-7-. The zero-order valence-electron chi connectivity index (χ0n) is 12.7. The molecule has 23 heavy (non-hydrogen) atoms. The van der Waals surface area contributed by atoms with Crippen LogP contribution in [0.15, 0.2) is 17.8 Å². The smallest absolute Gasteiger partial charge is 0.343 e. The Morgan fingerprint density at radius 3 is 2.65 bits per heavy atom. The molecule has 0 bridgehead atoms. The van der Waals surface area contributed by atoms with Gasteiger partial charge in [0.2, 0.25) is 5.78 Å². The van der Waals surface area contributed by atoms with Crippen LogP contribution in [0.25, 0.3) is 0 Å². The van der Waals surface area contributed by atoms with Gasteiger partial charge in [-0.2, -0.15) is 0 Å². The lowest BCUT2D eigenvalue weighted by molar-refractivity contribution is -0.138. The summed E-state index contributed by atoms with van der Waals surface area (Å²) >= 11 is 5.80. The molecule has 1 aliphatic rings. The van der Waals surface area contributed by atoms with Crippen LogP contribution in [0.5, 0.6) is 0 Å². The van der Waals surface area contributed by atoms with E-state index in [-0.39, 0.29) is 23.8 Å². The molecule has 0 aromatic heterocycles. The van der Waals surface area contributed by atoms with Crippen LogP contribution in [0, 0.1) is 18.6 Å². The van der Waals surface area contributed by atoms with E-state index in [9.17, 15) is 18.4 Å². The highest BCUT2D eigenvalue weighted by atomic mass is 35.5. The van der Waals surface area contributed by atoms with E-state index >= 15 is 0 Å². The molecule has 1 N–H and O–H groups in total. The van der Waals surface area contributed by atoms with E-state index in [1.807, 2.05) is 0 Å². The quantitative estimate of drug-likeness (QED) is 0.215. The van der Waals surface area contributed by atoms with Crippen molar-refractivity contribution in [3.8, 4) is 0 Å². The van der Waals surface area contributed by atoms with Crippen molar-refractivity contribution in [3.63, 3.8) is 0 Å². The Morgan fingerprint density at radius 1 is 1.43 bits per heavy atom. The summed E-state index contributed by atoms with van der Waals surface area (Å²) in [7, 11) is 0. The molecule has 124 valence electrons. The van der Waals surface area contributed by atoms with E-state index in [2.05, 4.69) is 5.32 Å². The summed E-state index contributed by atoms with van der Waals surface area (Å²) in [5, 5.41) is 2.37. The average Bonchev–Trinajstić information content (AvgIpc) is 3.33. The predicted molar refractivity (Wildman–Crippen MR) is 81.3 cm³/mol. The van der Waals surface area contributed by atoms with Crippen molar-refractivity contribution in [2.24, 2.45) is 0 Å². The molecule has 0 saturated heterocycles. The molecular formula is C16H16ClF2NO3. The molecule has 0 aliphatic heterocycles. The Morgan fingerprint density at radius 2 is 2.09 bits per heavy atom. The molecule has 0 atom stereocenters. The van der Waals surface area contributed by atoms with Gasteiger partial charge < -0.3 is 10.1 Å². The molecule has 0 spiro atoms. The highest BCUT2D eigenvalue weighted by Gasteiger charge is 2.28. The number of esters is 1. The number of ether oxygens (including phenoxy) is 1. The van der Waals surface area contributed by atoms with Crippen molar-refractivity contribution in [3.05, 3.63) is 45.6 Å². The van der Waals surface area contributed by atoms with Gasteiger partial charge in [-0.3, -0.25) is 4.79 Å². The maximum absolute atomic E-state index is 13.9. The maximum atomic E-state index is 13.9. The van der Waals surface area contributed by atoms with Gasteiger partial charge in [-0.05, 0) is 32.8 Å². The lowest BCUT2D eigenvalue weighted by atomic mass is 10.0. The van der Waals surface area contributed by atoms with Crippen molar-refractivity contribution < 1.29 is 23.1 Å². The molecule has 0 amide bonds. The molecule has 1 aromatic rings. The van der Waals surface area contributed by atoms with Gasteiger partial charge in [0.1, 0.15) is 17.2 Å². The predicted octanol–water partition coefficient (Wildman–Crippen LogP) is 3.31. The summed E-state index contributed by atoms with van der Waals surface area (Å²) in [5.74, 6) is -3.69. The summed E-state index contributed by atoms with van der Waals surface area (Å²) in [4.78, 5) is 24.5. The first-order valence-corrected chi connectivity index (χ1v) is 7.56. The van der Waals surface area contributed by atoms with E-state index in [4.69, 9.17) is 16.3 Å². The summed E-state index contributed by atoms with van der Waals surface area (Å²) < 4.78 is 32.4. The fourth-order valence-corrected chi connectivity index (χ4v) is 2.16. The minimum absolute atomic E-state index is 0.0667. The minimum Gasteiger partial charge on any atom is -0.462 e. The van der Waals surface area contributed by atoms with Crippen LogP contribution in [-0.2, 0) is 9.53 Å². The topological polar surface area (TPSA) is 55.4 Å². The molecule has 0 radical (unpaired) electrons. The summed E-state index contributed by atoms with van der Waals surface area (Å²) in [6, 6.07) is 1.02. The van der Waals surface area contributed by atoms with Crippen LogP contribution in [0.1, 0.15) is 35.7 Å². The highest BCUT2D eigenvalue weighted by molar-refractivity contribution is 6.37. The molecule has 0 heterocycles. The lowest BCUT2D eigenvalue weighted by Crippen LogP contribution is -2.21. The third kappa shape index (κ3) is 3.88. The zero-order chi connectivity index (χ0) is 17.1. The molecule has 2 rings (SSSR count). The molecule has 4 nitrogen and oxygen atoms in total. The minimum atomic E-state index is -1.02. The molecule has 1 aliphatic carbocycles. The van der Waals surface area contributed by atoms with Crippen LogP contribution in [0.4, 0.5) is 8.78 Å². The van der Waals surface area contributed by atoms with Crippen molar-refractivity contribution >= 4 is 23.4 Å². The third-order valence-electron chi connectivity index (χ3n) is 3.41. The molecular weight excluding hydrogens is 328 g/mol. The second kappa shape index (κ2) is 7.08. The Kier molecular flexibility index (Phi) is 5.36. The first-order valence-electron chi connectivity index (χ1n) is 7.18. The van der Waals surface area contributed by atoms with Gasteiger partial charge in [-0.15, -0.1) is 0 Å². The average molecular weight is 344 g/mol. The van der Waals surface area contributed by atoms with Crippen LogP contribution < -0.4 is 5.32 Å². The van der Waals surface area contributed by atoms with Gasteiger partial charge in [-0.1, -0.05) is 11.6 Å². The molecule has 0 unspecified atom stereocenters. The number of hydrogen-bond donors (Lipinski definition) is 1. The van der Waals surface area contributed by atoms with Crippen molar-refractivity contribution in [1.29, 1.82) is 0 Å². The monoisotopic (exact) mass is 343 g/mol. The first kappa shape index (κ1) is 17.4. The summed E-state index contributed by atoms with van der Waals surface area (Å²) in [5.41, 5.74) is -1.04. The van der Waals surface area contributed by atoms with Crippen molar-refractivity contribution in [1.82, 2.24) is 5.32 Å². The maximum Gasteiger partial charge on any atom is 0.343 e. The third-order valence-corrected chi connectivity index (χ3v) is 3.78. The van der Waals surface area contributed by atoms with Crippen LogP contribution in [0.3, 0.4) is 0 Å². The molecule has 1 saturated carbocycles. The van der Waals surface area contributed by atoms with Gasteiger partial charge in [0.25, 0.3) is 0 Å². The number of rotatable bonds is 6. The fourth-order valence-electron chi connectivity index (χ4n) is 1.87. The van der Waals surface area contributed by atoms with Crippen LogP contribution in [-0.4, -0.2) is 24.4 Å². The van der Waals surface area contributed by atoms with Gasteiger partial charge in [0, 0.05) is 23.4 Å². The zero-order valence-corrected chi connectivity index (χ0v) is 13.5. The number of carbonyl (C=O) groups is 2. The highest BCUT2D eigenvalue weighted by Crippen LogP contribution is 2.28. The van der Waals surface area contributed by atoms with E-state index in [1.54, 1.807) is 6.92 Å². The van der Waals surface area contributed by atoms with E-state index < -0.39 is 34.0 Å². The Balaban J connectivity index is 2.40. The number of benzene rings is 1. The van der Waals surface area contributed by atoms with Crippen molar-refractivity contribution in [2.45, 2.75) is 32.7 Å². The molecule has 7 heteroatoms. The van der Waals surface area contributed by atoms with E-state index in [0.29, 0.717) is 0 Å². The second-order valence-electron chi connectivity index (χ2n) is 5.21. The van der Waals surface area contributed by atoms with Gasteiger partial charge in [0.05, 0.1) is 11.6 Å². The lowest BCUT2D eigenvalue weighted by Gasteiger charge is -2.10. The van der Waals surface area contributed by atoms with Gasteiger partial charge >= 0.3 is 5.97 Å². The summed E-state index contributed by atoms with van der Waals surface area (Å²) in [6.45, 7) is 2.87. The van der Waals surface area contributed by atoms with Gasteiger partial charge in [0.15, 0.2) is 0 Å². The SMILES string of the molecule is CCOC(=O)/C(=C\NC1CC1)C(=O)c1cc(F)c(C)c(F)c1Cl. The normalized spacial score (nSPS) is 14.6. The Bertz CT molecular complexity index is 684. The number of nitrogens with one attached hydrogen (secondary N) is 1. The Hall–Kier alpha value is -1.95. The number of ketones is 1. The van der Waals surface area contributed by atoms with Gasteiger partial charge in [-0.25, -0.2) is 13.6 Å². The van der Waals surface area contributed by atoms with Crippen molar-refractivity contribution in [2.75, 3.05) is 6.61 Å². The largest absolute Gasteiger partial charge is 0.462 e. The summed E-state index contributed by atoms with van der Waals surface area (Å²) in [6.07, 6.45) is 3.08. The van der Waals surface area contributed by atoms with Crippen LogP contribution in [0.2, 0.25) is 5.02 Å². The number of Topliss-reactive ketones (excluding diaryl/α,β-unsaturated/α-hetero) is 1. The number of halogens is 3. The number of hydrogen-bond acceptors (Lipinski definition) is 4. The fraction of sp³-hybridized carbons (Fsp3) is 0.375. The van der Waals surface area contributed by atoms with Crippen LogP contribution >= 0.6 is 11.6 Å².